The van der Waals surface area contributed by atoms with Crippen LogP contribution >= 0.6 is 11.6 Å². The molecule has 2 rings (SSSR count). The first kappa shape index (κ1) is 14.4. The highest BCUT2D eigenvalue weighted by atomic mass is 35.5. The van der Waals surface area contributed by atoms with Crippen LogP contribution in [0.2, 0.25) is 0 Å². The van der Waals surface area contributed by atoms with Gasteiger partial charge in [0.05, 0.1) is 12.6 Å². The number of halogens is 1. The molecule has 19 heavy (non-hydrogen) atoms. The molecule has 0 aromatic carbocycles. The minimum absolute atomic E-state index is 0.666. The molecule has 0 aliphatic carbocycles. The molecule has 0 aromatic rings. The summed E-state index contributed by atoms with van der Waals surface area (Å²) < 4.78 is 21.0. The zero-order valence-corrected chi connectivity index (χ0v) is 10.6. The number of rotatable bonds is 3. The summed E-state index contributed by atoms with van der Waals surface area (Å²) in [4.78, 5) is 2.62. The molecule has 0 bridgehead atoms. The van der Waals surface area contributed by atoms with Gasteiger partial charge in [-0.2, -0.15) is 0 Å². The van der Waals surface area contributed by atoms with Gasteiger partial charge in [0.25, 0.3) is 6.48 Å². The van der Waals surface area contributed by atoms with Crippen LogP contribution in [0.3, 0.4) is 0 Å². The monoisotopic (exact) mass is 285 g/mol. The molecule has 0 spiro atoms. The molecule has 2 aliphatic heterocycles. The number of hydrogen-bond acceptors (Lipinski definition) is 6. The molecule has 5 atom stereocenters. The van der Waals surface area contributed by atoms with Crippen molar-refractivity contribution >= 4 is 19.4 Å². The maximum Gasteiger partial charge on any atom is 0.273 e. The van der Waals surface area contributed by atoms with Gasteiger partial charge in [0.15, 0.2) is 11.3 Å². The average Bonchev–Trinajstić information content (AvgIpc) is 2.87. The molecular weight excluding hydrogens is 276 g/mol. The van der Waals surface area contributed by atoms with E-state index < -0.39 is 36.5 Å². The van der Waals surface area contributed by atoms with Crippen molar-refractivity contribution in [2.24, 2.45) is 5.11 Å². The predicted molar refractivity (Wildman–Crippen MR) is 62.7 cm³/mol. The van der Waals surface area contributed by atoms with E-state index in [4.69, 9.17) is 43.9 Å². The van der Waals surface area contributed by atoms with Gasteiger partial charge in [-0.15, -0.1) is 0 Å². The molecule has 2 fully saturated rings. The second kappa shape index (κ2) is 5.19. The Morgan fingerprint density at radius 1 is 1.63 bits per heavy atom. The largest absolute Gasteiger partial charge is 0.393 e. The summed E-state index contributed by atoms with van der Waals surface area (Å²) in [6, 6.07) is -1.14. The lowest BCUT2D eigenvalue weighted by Gasteiger charge is -2.26. The van der Waals surface area contributed by atoms with Gasteiger partial charge in [-0.05, 0) is 23.1 Å². The van der Waals surface area contributed by atoms with Gasteiger partial charge in [-0.3, -0.25) is 0 Å². The molecule has 4 unspecified atom stereocenters. The molecule has 2 radical (unpaired) electrons. The molecule has 8 nitrogen and oxygen atoms in total. The molecule has 100 valence electrons. The Bertz CT molecular complexity index is 478. The molecule has 0 aromatic heterocycles. The van der Waals surface area contributed by atoms with Crippen molar-refractivity contribution in [3.05, 3.63) is 10.4 Å². The normalized spacial score (nSPS) is 44.1. The van der Waals surface area contributed by atoms with E-state index in [0.29, 0.717) is 0 Å². The third kappa shape index (κ3) is 1.98. The Balaban J connectivity index is 2.50. The van der Waals surface area contributed by atoms with Crippen LogP contribution in [-0.4, -0.2) is 56.6 Å². The highest BCUT2D eigenvalue weighted by Gasteiger charge is 2.68. The Hall–Kier alpha value is -0.975. The minimum atomic E-state index is -1.75. The van der Waals surface area contributed by atoms with E-state index >= 15 is 0 Å². The van der Waals surface area contributed by atoms with E-state index in [-0.39, 0.29) is 0 Å². The Morgan fingerprint density at radius 2 is 2.37 bits per heavy atom. The van der Waals surface area contributed by atoms with Crippen LogP contribution in [0.1, 0.15) is 0 Å². The molecule has 0 saturated carbocycles. The average molecular weight is 285 g/mol. The van der Waals surface area contributed by atoms with Gasteiger partial charge < -0.3 is 24.1 Å². The number of nitrogens with zero attached hydrogens (tertiary/aromatic N) is 3. The van der Waals surface area contributed by atoms with Gasteiger partial charge in [0.1, 0.15) is 14.0 Å². The third-order valence-electron chi connectivity index (χ3n) is 2.97. The molecule has 10 heteroatoms. The van der Waals surface area contributed by atoms with Crippen LogP contribution in [0.15, 0.2) is 5.11 Å². The Kier molecular flexibility index (Phi) is 3.94. The van der Waals surface area contributed by atoms with Crippen molar-refractivity contribution in [3.8, 4) is 11.3 Å². The van der Waals surface area contributed by atoms with Crippen molar-refractivity contribution < 1.29 is 24.1 Å². The Morgan fingerprint density at radius 3 is 2.89 bits per heavy atom. The first-order valence-corrected chi connectivity index (χ1v) is 5.55. The van der Waals surface area contributed by atoms with Gasteiger partial charge in [-0.1, -0.05) is 5.11 Å². The van der Waals surface area contributed by atoms with Gasteiger partial charge >= 0.3 is 0 Å². The van der Waals surface area contributed by atoms with Crippen molar-refractivity contribution in [3.63, 3.8) is 0 Å². The van der Waals surface area contributed by atoms with E-state index in [1.165, 1.54) is 7.11 Å². The lowest BCUT2D eigenvalue weighted by molar-refractivity contribution is -0.263. The summed E-state index contributed by atoms with van der Waals surface area (Å²) in [6.45, 7) is -1.75. The topological polar surface area (TPSA) is 106 Å². The van der Waals surface area contributed by atoms with E-state index in [9.17, 15) is 5.11 Å². The van der Waals surface area contributed by atoms with Crippen LogP contribution in [0.25, 0.3) is 10.4 Å². The van der Waals surface area contributed by atoms with Gasteiger partial charge in [0.2, 0.25) is 0 Å². The molecule has 2 aliphatic rings. The second-order valence-electron chi connectivity index (χ2n) is 3.90. The maximum atomic E-state index is 9.45. The number of aliphatic hydroxyl groups is 1. The summed E-state index contributed by atoms with van der Waals surface area (Å²) in [5, 5.41) is 15.0. The van der Waals surface area contributed by atoms with E-state index in [0.717, 1.165) is 0 Å². The summed E-state index contributed by atoms with van der Waals surface area (Å²) in [5.41, 5.74) is 5.37. The molecule has 2 saturated heterocycles. The van der Waals surface area contributed by atoms with Crippen LogP contribution in [-0.2, 0) is 18.9 Å². The molecule has 2 heterocycles. The zero-order chi connectivity index (χ0) is 14.1. The fourth-order valence-corrected chi connectivity index (χ4v) is 2.28. The van der Waals surface area contributed by atoms with E-state index in [2.05, 4.69) is 21.3 Å². The molecule has 1 N–H and O–H groups in total. The fraction of sp³-hybridized carbons (Fsp3) is 0.778. The zero-order valence-electron chi connectivity index (χ0n) is 9.82. The van der Waals surface area contributed by atoms with Crippen molar-refractivity contribution in [1.29, 1.82) is 0 Å². The first-order valence-electron chi connectivity index (χ1n) is 5.18. The number of aliphatic hydroxyl groups excluding tert-OH is 1. The summed E-state index contributed by atoms with van der Waals surface area (Å²) >= 11 is 5.40. The van der Waals surface area contributed by atoms with Gasteiger partial charge in [0, 0.05) is 17.4 Å². The summed E-state index contributed by atoms with van der Waals surface area (Å²) in [6.07, 6.45) is -1.08. The van der Waals surface area contributed by atoms with Crippen LogP contribution < -0.4 is 0 Å². The maximum absolute atomic E-state index is 9.45. The van der Waals surface area contributed by atoms with E-state index in [1.54, 1.807) is 0 Å². The van der Waals surface area contributed by atoms with E-state index in [1.807, 2.05) is 0 Å². The number of ether oxygens (including phenoxy) is 4. The standard InChI is InChI=1S/C9H9BClN3O5/c1-16-7-17-5-8(19-7,2-3-11)6(10)18-9(5,4-15)13-14-12/h5-7,15H,4H2,1H3/t5?,6?,7?,8?,9-/m1/s1. The van der Waals surface area contributed by atoms with Crippen LogP contribution in [0.5, 0.6) is 0 Å². The minimum Gasteiger partial charge on any atom is -0.393 e. The SMILES string of the molecule is [B]C1O[C@@](CO)(N=[N+]=[N-])C2OC(OC)OC12C#CCl. The lowest BCUT2D eigenvalue weighted by atomic mass is 9.80. The number of azide groups is 1. The van der Waals surface area contributed by atoms with Gasteiger partial charge in [-0.25, -0.2) is 0 Å². The summed E-state index contributed by atoms with van der Waals surface area (Å²) in [7, 11) is 7.14. The predicted octanol–water partition coefficient (Wildman–Crippen LogP) is -0.206. The highest BCUT2D eigenvalue weighted by molar-refractivity contribution is 6.30. The number of hydrogen-bond donors (Lipinski definition) is 1. The molecule has 0 amide bonds. The highest BCUT2D eigenvalue weighted by Crippen LogP contribution is 2.47. The van der Waals surface area contributed by atoms with Crippen molar-refractivity contribution in [2.45, 2.75) is 29.9 Å². The summed E-state index contributed by atoms with van der Waals surface area (Å²) in [5.74, 6) is 2.53. The first-order chi connectivity index (χ1) is 9.08. The smallest absolute Gasteiger partial charge is 0.273 e. The fourth-order valence-electron chi connectivity index (χ4n) is 2.13. The quantitative estimate of drug-likeness (QED) is 0.254. The van der Waals surface area contributed by atoms with Crippen molar-refractivity contribution in [2.75, 3.05) is 13.7 Å². The van der Waals surface area contributed by atoms with Crippen LogP contribution in [0, 0.1) is 11.3 Å². The number of fused-ring (bicyclic) bond motifs is 1. The Labute approximate surface area is 114 Å². The number of methoxy groups -OCH3 is 1. The lowest BCUT2D eigenvalue weighted by Crippen LogP contribution is -2.49. The van der Waals surface area contributed by atoms with Crippen LogP contribution in [0.4, 0.5) is 0 Å². The van der Waals surface area contributed by atoms with Crippen molar-refractivity contribution in [1.82, 2.24) is 0 Å². The third-order valence-corrected chi connectivity index (χ3v) is 3.06. The second-order valence-corrected chi connectivity index (χ2v) is 4.09. The molecular formula is C9H9BClN3O5.